The van der Waals surface area contributed by atoms with Gasteiger partial charge in [0.15, 0.2) is 0 Å². The van der Waals surface area contributed by atoms with Gasteiger partial charge in [0.2, 0.25) is 0 Å². The summed E-state index contributed by atoms with van der Waals surface area (Å²) in [5.74, 6) is 0. The third kappa shape index (κ3) is 8.23. The van der Waals surface area contributed by atoms with Crippen LogP contribution in [-0.2, 0) is 9.09 Å². The summed E-state index contributed by atoms with van der Waals surface area (Å²) in [6, 6.07) is 0. The molecule has 0 aromatic carbocycles. The molecule has 0 saturated heterocycles. The van der Waals surface area contributed by atoms with Crippen LogP contribution in [0.4, 0.5) is 0 Å². The molecule has 0 spiro atoms. The van der Waals surface area contributed by atoms with E-state index in [4.69, 9.17) is 4.52 Å². The van der Waals surface area contributed by atoms with Crippen molar-refractivity contribution in [2.45, 2.75) is 33.1 Å². The molecule has 0 rings (SSSR count). The van der Waals surface area contributed by atoms with Crippen LogP contribution in [0.2, 0.25) is 0 Å². The Morgan fingerprint density at radius 2 is 2.00 bits per heavy atom. The van der Waals surface area contributed by atoms with E-state index in [0.29, 0.717) is 6.42 Å². The third-order valence-corrected chi connectivity index (χ3v) is 3.07. The van der Waals surface area contributed by atoms with Crippen LogP contribution in [0.25, 0.3) is 0 Å². The van der Waals surface area contributed by atoms with Gasteiger partial charge in [0, 0.05) is 6.16 Å². The molecule has 0 saturated carbocycles. The third-order valence-electron chi connectivity index (χ3n) is 1.50. The second-order valence-corrected chi connectivity index (χ2v) is 4.90. The molecule has 0 radical (unpaired) electrons. The summed E-state index contributed by atoms with van der Waals surface area (Å²) < 4.78 is 16.0. The number of rotatable bonds is 7. The van der Waals surface area contributed by atoms with Crippen LogP contribution < -0.4 is 0 Å². The van der Waals surface area contributed by atoms with Gasteiger partial charge < -0.3 is 9.42 Å². The first-order valence-electron chi connectivity index (χ1n) is 4.73. The molecule has 0 aliphatic carbocycles. The first kappa shape index (κ1) is 12.9. The standard InChI is InChI=1S/C9H19O3P/c1-3-5-6-7-8-12-13(10,11)9-4-2/h6-7H,3-5,8-9H2,1-2H3,(H,10,11). The molecule has 13 heavy (non-hydrogen) atoms. The summed E-state index contributed by atoms with van der Waals surface area (Å²) in [6.07, 6.45) is 6.75. The lowest BCUT2D eigenvalue weighted by Crippen LogP contribution is -1.93. The Bertz CT molecular complexity index is 189. The van der Waals surface area contributed by atoms with Gasteiger partial charge in [-0.2, -0.15) is 0 Å². The van der Waals surface area contributed by atoms with Gasteiger partial charge in [-0.15, -0.1) is 0 Å². The summed E-state index contributed by atoms with van der Waals surface area (Å²) >= 11 is 0. The van der Waals surface area contributed by atoms with Crippen LogP contribution in [0.3, 0.4) is 0 Å². The molecular formula is C9H19O3P. The van der Waals surface area contributed by atoms with Crippen molar-refractivity contribution >= 4 is 7.60 Å². The highest BCUT2D eigenvalue weighted by molar-refractivity contribution is 7.52. The minimum atomic E-state index is -3.29. The molecule has 1 unspecified atom stereocenters. The van der Waals surface area contributed by atoms with Crippen molar-refractivity contribution in [1.82, 2.24) is 0 Å². The maximum absolute atomic E-state index is 11.1. The van der Waals surface area contributed by atoms with Crippen molar-refractivity contribution in [2.24, 2.45) is 0 Å². The van der Waals surface area contributed by atoms with Gasteiger partial charge in [0.25, 0.3) is 0 Å². The highest BCUT2D eigenvalue weighted by Crippen LogP contribution is 2.42. The molecule has 0 heterocycles. The molecule has 1 N–H and O–H groups in total. The normalized spacial score (nSPS) is 16.2. The van der Waals surface area contributed by atoms with Gasteiger partial charge in [0.1, 0.15) is 0 Å². The maximum atomic E-state index is 11.1. The molecule has 0 aromatic rings. The fourth-order valence-electron chi connectivity index (χ4n) is 0.859. The number of hydrogen-bond donors (Lipinski definition) is 1. The summed E-state index contributed by atoms with van der Waals surface area (Å²) in [7, 11) is -3.29. The molecule has 1 atom stereocenters. The highest BCUT2D eigenvalue weighted by Gasteiger charge is 2.15. The zero-order valence-electron chi connectivity index (χ0n) is 8.40. The predicted octanol–water partition coefficient (Wildman–Crippen LogP) is 2.95. The van der Waals surface area contributed by atoms with Gasteiger partial charge in [-0.05, 0) is 12.8 Å². The summed E-state index contributed by atoms with van der Waals surface area (Å²) in [4.78, 5) is 9.17. The average molecular weight is 206 g/mol. The highest BCUT2D eigenvalue weighted by atomic mass is 31.2. The first-order valence-corrected chi connectivity index (χ1v) is 6.50. The second-order valence-electron chi connectivity index (χ2n) is 2.92. The summed E-state index contributed by atoms with van der Waals surface area (Å²) in [5, 5.41) is 0. The Hall–Kier alpha value is -0.110. The lowest BCUT2D eigenvalue weighted by molar-refractivity contribution is 0.287. The average Bonchev–Trinajstić information content (AvgIpc) is 2.04. The largest absolute Gasteiger partial charge is 0.328 e. The zero-order valence-corrected chi connectivity index (χ0v) is 9.30. The van der Waals surface area contributed by atoms with Crippen molar-refractivity contribution < 1.29 is 14.0 Å². The predicted molar refractivity (Wildman–Crippen MR) is 55.0 cm³/mol. The van der Waals surface area contributed by atoms with Gasteiger partial charge in [-0.1, -0.05) is 32.4 Å². The molecule has 0 aromatic heterocycles. The molecule has 4 heteroatoms. The van der Waals surface area contributed by atoms with E-state index in [-0.39, 0.29) is 12.8 Å². The maximum Gasteiger partial charge on any atom is 0.328 e. The zero-order chi connectivity index (χ0) is 10.2. The molecule has 78 valence electrons. The van der Waals surface area contributed by atoms with E-state index in [1.807, 2.05) is 13.0 Å². The second kappa shape index (κ2) is 7.31. The lowest BCUT2D eigenvalue weighted by atomic mass is 10.3. The minimum absolute atomic E-state index is 0.244. The molecule has 0 bridgehead atoms. The summed E-state index contributed by atoms with van der Waals surface area (Å²) in [5.41, 5.74) is 0. The number of hydrogen-bond acceptors (Lipinski definition) is 2. The minimum Gasteiger partial charge on any atom is -0.324 e. The first-order chi connectivity index (χ1) is 6.12. The van der Waals surface area contributed by atoms with Crippen LogP contribution in [0, 0.1) is 0 Å². The van der Waals surface area contributed by atoms with Crippen molar-refractivity contribution in [3.8, 4) is 0 Å². The SMILES string of the molecule is CCCC=CCOP(=O)(O)CCC. The number of unbranched alkanes of at least 4 members (excludes halogenated alkanes) is 1. The molecule has 0 amide bonds. The topological polar surface area (TPSA) is 46.5 Å². The fraction of sp³-hybridized carbons (Fsp3) is 0.778. The van der Waals surface area contributed by atoms with E-state index < -0.39 is 7.60 Å². The monoisotopic (exact) mass is 206 g/mol. The summed E-state index contributed by atoms with van der Waals surface area (Å²) in [6.45, 7) is 4.19. The Morgan fingerprint density at radius 3 is 2.54 bits per heavy atom. The van der Waals surface area contributed by atoms with E-state index in [0.717, 1.165) is 12.8 Å². The van der Waals surface area contributed by atoms with E-state index in [9.17, 15) is 9.46 Å². The molecule has 0 aliphatic rings. The molecule has 0 fully saturated rings. The van der Waals surface area contributed by atoms with Gasteiger partial charge >= 0.3 is 7.60 Å². The van der Waals surface area contributed by atoms with E-state index in [2.05, 4.69) is 6.92 Å². The Labute approximate surface area is 80.3 Å². The Balaban J connectivity index is 3.57. The van der Waals surface area contributed by atoms with Gasteiger partial charge in [0.05, 0.1) is 6.61 Å². The molecular weight excluding hydrogens is 187 g/mol. The van der Waals surface area contributed by atoms with Crippen LogP contribution in [0.5, 0.6) is 0 Å². The Morgan fingerprint density at radius 1 is 1.31 bits per heavy atom. The van der Waals surface area contributed by atoms with Gasteiger partial charge in [-0.3, -0.25) is 4.57 Å². The van der Waals surface area contributed by atoms with Gasteiger partial charge in [-0.25, -0.2) is 0 Å². The van der Waals surface area contributed by atoms with Crippen molar-refractivity contribution in [3.63, 3.8) is 0 Å². The van der Waals surface area contributed by atoms with E-state index in [1.54, 1.807) is 6.08 Å². The van der Waals surface area contributed by atoms with Crippen molar-refractivity contribution in [3.05, 3.63) is 12.2 Å². The van der Waals surface area contributed by atoms with Crippen molar-refractivity contribution in [2.75, 3.05) is 12.8 Å². The number of allylic oxidation sites excluding steroid dienone is 1. The quantitative estimate of drug-likeness (QED) is 0.514. The van der Waals surface area contributed by atoms with E-state index >= 15 is 0 Å². The Kier molecular flexibility index (Phi) is 7.25. The van der Waals surface area contributed by atoms with Crippen LogP contribution in [0.15, 0.2) is 12.2 Å². The van der Waals surface area contributed by atoms with Crippen LogP contribution >= 0.6 is 7.60 Å². The molecule has 3 nitrogen and oxygen atoms in total. The lowest BCUT2D eigenvalue weighted by Gasteiger charge is -2.08. The van der Waals surface area contributed by atoms with Crippen molar-refractivity contribution in [1.29, 1.82) is 0 Å². The fourth-order valence-corrected chi connectivity index (χ4v) is 1.87. The van der Waals surface area contributed by atoms with Crippen LogP contribution in [-0.4, -0.2) is 17.7 Å². The van der Waals surface area contributed by atoms with E-state index in [1.165, 1.54) is 0 Å². The molecule has 0 aliphatic heterocycles. The van der Waals surface area contributed by atoms with Crippen LogP contribution in [0.1, 0.15) is 33.1 Å². The smallest absolute Gasteiger partial charge is 0.324 e.